The van der Waals surface area contributed by atoms with Gasteiger partial charge < -0.3 is 14.9 Å². The number of halogens is 1. The molecule has 2 unspecified atom stereocenters. The van der Waals surface area contributed by atoms with Gasteiger partial charge in [-0.15, -0.1) is 0 Å². The summed E-state index contributed by atoms with van der Waals surface area (Å²) < 4.78 is 5.41. The number of carbonyl (C=O) groups is 3. The topological polar surface area (TPSA) is 113 Å². The lowest BCUT2D eigenvalue weighted by molar-refractivity contribution is -0.140. The number of nitrogens with zero attached hydrogens (tertiary/aromatic N) is 1. The number of aromatic carboxylic acids is 1. The number of ether oxygens (including phenoxy) is 1. The smallest absolute Gasteiger partial charge is 0.336 e. The van der Waals surface area contributed by atoms with Crippen molar-refractivity contribution >= 4 is 41.3 Å². The lowest BCUT2D eigenvalue weighted by Crippen LogP contribution is -2.35. The Morgan fingerprint density at radius 3 is 2.39 bits per heavy atom. The molecule has 0 saturated heterocycles. The second-order valence-electron chi connectivity index (χ2n) is 7.53. The van der Waals surface area contributed by atoms with Gasteiger partial charge in [0.25, 0.3) is 0 Å². The summed E-state index contributed by atoms with van der Waals surface area (Å²) >= 11 is 6.13. The lowest BCUT2D eigenvalue weighted by atomic mass is 9.75. The number of carboxylic acid groups (broad SMARTS) is 2. The third-order valence-electron chi connectivity index (χ3n) is 5.30. The minimum atomic E-state index is -1.09. The molecule has 1 heterocycles. The molecule has 3 rings (SSSR count). The number of aliphatic imine (C=N–C) groups is 1. The summed E-state index contributed by atoms with van der Waals surface area (Å²) in [7, 11) is 0. The van der Waals surface area contributed by atoms with Gasteiger partial charge in [0.1, 0.15) is 12.5 Å². The second kappa shape index (κ2) is 10.3. The lowest BCUT2D eigenvalue weighted by Gasteiger charge is -2.30. The first kappa shape index (κ1) is 23.9. The fraction of sp³-hybridized carbons (Fsp3) is 0.200. The summed E-state index contributed by atoms with van der Waals surface area (Å²) in [5.41, 5.74) is 2.47. The zero-order valence-corrected chi connectivity index (χ0v) is 18.7. The monoisotopic (exact) mass is 467 g/mol. The average molecular weight is 468 g/mol. The van der Waals surface area contributed by atoms with E-state index in [9.17, 15) is 19.5 Å². The van der Waals surface area contributed by atoms with Crippen molar-refractivity contribution in [2.75, 3.05) is 6.61 Å². The summed E-state index contributed by atoms with van der Waals surface area (Å²) in [5, 5.41) is 19.2. The van der Waals surface area contributed by atoms with Crippen molar-refractivity contribution < 1.29 is 29.3 Å². The molecule has 0 saturated carbocycles. The van der Waals surface area contributed by atoms with Crippen LogP contribution in [0.4, 0.5) is 0 Å². The van der Waals surface area contributed by atoms with Gasteiger partial charge in [-0.2, -0.15) is 0 Å². The van der Waals surface area contributed by atoms with Crippen molar-refractivity contribution in [3.05, 3.63) is 87.6 Å². The molecule has 0 radical (unpaired) electrons. The van der Waals surface area contributed by atoms with E-state index in [0.29, 0.717) is 22.0 Å². The Morgan fingerprint density at radius 2 is 1.79 bits per heavy atom. The van der Waals surface area contributed by atoms with Crippen molar-refractivity contribution in [2.24, 2.45) is 10.9 Å². The van der Waals surface area contributed by atoms with Gasteiger partial charge in [0.2, 0.25) is 0 Å². The van der Waals surface area contributed by atoms with Crippen LogP contribution in [0.5, 0.6) is 0 Å². The van der Waals surface area contributed by atoms with Gasteiger partial charge in [-0.25, -0.2) is 9.59 Å². The van der Waals surface area contributed by atoms with E-state index in [1.165, 1.54) is 12.1 Å². The Bertz CT molecular complexity index is 1180. The minimum absolute atomic E-state index is 0.0566. The zero-order chi connectivity index (χ0) is 24.1. The van der Waals surface area contributed by atoms with Crippen LogP contribution < -0.4 is 0 Å². The van der Waals surface area contributed by atoms with Crippen LogP contribution in [0.15, 0.2) is 70.9 Å². The molecule has 0 fully saturated rings. The normalized spacial score (nSPS) is 18.2. The summed E-state index contributed by atoms with van der Waals surface area (Å²) in [6, 6.07) is 13.0. The molecule has 0 bridgehead atoms. The molecule has 2 aromatic rings. The molecule has 33 heavy (non-hydrogen) atoms. The number of rotatable bonds is 7. The van der Waals surface area contributed by atoms with E-state index < -0.39 is 29.7 Å². The largest absolute Gasteiger partial charge is 0.481 e. The van der Waals surface area contributed by atoms with E-state index in [0.717, 1.165) is 5.56 Å². The molecule has 2 N–H and O–H groups in total. The standard InChI is InChI=1S/C25H22ClNO6/c1-14-20(24(30)31)22(18-6-3-7-19(26)13-18)21(15(2)27-14)25(32)33-12-4-5-16-8-10-17(11-9-16)23(28)29/h3-11,13,20,22H,12H2,1-2H3,(H,28,29)(H,30,31). The molecule has 0 aromatic heterocycles. The molecule has 2 aromatic carbocycles. The summed E-state index contributed by atoms with van der Waals surface area (Å²) in [5.74, 6) is -4.59. The van der Waals surface area contributed by atoms with Crippen LogP contribution in [-0.4, -0.2) is 40.4 Å². The van der Waals surface area contributed by atoms with Crippen molar-refractivity contribution in [2.45, 2.75) is 19.8 Å². The molecular formula is C25H22ClNO6. The number of aliphatic carboxylic acids is 1. The predicted molar refractivity (Wildman–Crippen MR) is 125 cm³/mol. The molecule has 2 atom stereocenters. The number of carbonyl (C=O) groups excluding carboxylic acids is 1. The number of hydrogen-bond acceptors (Lipinski definition) is 5. The molecule has 7 nitrogen and oxygen atoms in total. The van der Waals surface area contributed by atoms with Crippen molar-refractivity contribution in [3.8, 4) is 0 Å². The van der Waals surface area contributed by atoms with Crippen LogP contribution in [-0.2, 0) is 14.3 Å². The first-order valence-electron chi connectivity index (χ1n) is 10.1. The van der Waals surface area contributed by atoms with Gasteiger partial charge in [0.05, 0.1) is 11.1 Å². The van der Waals surface area contributed by atoms with Crippen molar-refractivity contribution in [3.63, 3.8) is 0 Å². The predicted octanol–water partition coefficient (Wildman–Crippen LogP) is 4.83. The molecule has 1 aliphatic heterocycles. The van der Waals surface area contributed by atoms with Crippen LogP contribution in [0, 0.1) is 5.92 Å². The minimum Gasteiger partial charge on any atom is -0.481 e. The van der Waals surface area contributed by atoms with Crippen molar-refractivity contribution in [1.29, 1.82) is 0 Å². The number of hydrogen-bond donors (Lipinski definition) is 2. The van der Waals surface area contributed by atoms with Gasteiger partial charge in [-0.05, 0) is 55.3 Å². The first-order valence-corrected chi connectivity index (χ1v) is 10.5. The second-order valence-corrected chi connectivity index (χ2v) is 7.97. The molecule has 170 valence electrons. The quantitative estimate of drug-likeness (QED) is 0.564. The van der Waals surface area contributed by atoms with Crippen LogP contribution in [0.3, 0.4) is 0 Å². The molecule has 0 aliphatic carbocycles. The van der Waals surface area contributed by atoms with Crippen LogP contribution >= 0.6 is 11.6 Å². The highest BCUT2D eigenvalue weighted by Crippen LogP contribution is 2.40. The Balaban J connectivity index is 1.82. The van der Waals surface area contributed by atoms with Gasteiger partial charge in [0, 0.05) is 22.3 Å². The third-order valence-corrected chi connectivity index (χ3v) is 5.54. The fourth-order valence-electron chi connectivity index (χ4n) is 3.80. The number of carboxylic acids is 2. The fourth-order valence-corrected chi connectivity index (χ4v) is 4.00. The highest BCUT2D eigenvalue weighted by atomic mass is 35.5. The van der Waals surface area contributed by atoms with E-state index in [1.807, 2.05) is 0 Å². The Labute approximate surface area is 195 Å². The van der Waals surface area contributed by atoms with E-state index >= 15 is 0 Å². The molecule has 8 heteroatoms. The van der Waals surface area contributed by atoms with Gasteiger partial charge in [-0.3, -0.25) is 9.79 Å². The van der Waals surface area contributed by atoms with Crippen molar-refractivity contribution in [1.82, 2.24) is 0 Å². The van der Waals surface area contributed by atoms with E-state index in [2.05, 4.69) is 4.99 Å². The number of esters is 1. The maximum Gasteiger partial charge on any atom is 0.336 e. The third kappa shape index (κ3) is 5.56. The highest BCUT2D eigenvalue weighted by molar-refractivity contribution is 6.30. The van der Waals surface area contributed by atoms with E-state index in [4.69, 9.17) is 21.4 Å². The summed E-state index contributed by atoms with van der Waals surface area (Å²) in [6.07, 6.45) is 3.31. The van der Waals surface area contributed by atoms with Crippen LogP contribution in [0.25, 0.3) is 6.08 Å². The van der Waals surface area contributed by atoms with E-state index in [1.54, 1.807) is 62.4 Å². The maximum absolute atomic E-state index is 13.0. The number of allylic oxidation sites excluding steroid dienone is 1. The average Bonchev–Trinajstić information content (AvgIpc) is 2.76. The highest BCUT2D eigenvalue weighted by Gasteiger charge is 2.41. The number of benzene rings is 2. The van der Waals surface area contributed by atoms with Gasteiger partial charge in [-0.1, -0.05) is 41.9 Å². The van der Waals surface area contributed by atoms with Crippen LogP contribution in [0.2, 0.25) is 5.02 Å². The van der Waals surface area contributed by atoms with E-state index in [-0.39, 0.29) is 17.7 Å². The SMILES string of the molecule is CC1=NC(C)=C(C(=O)OCC=Cc2ccc(C(=O)O)cc2)C(c2cccc(Cl)c2)C1C(=O)O. The molecule has 0 spiro atoms. The maximum atomic E-state index is 13.0. The van der Waals surface area contributed by atoms with Crippen LogP contribution in [0.1, 0.15) is 41.3 Å². The molecule has 1 aliphatic rings. The Kier molecular flexibility index (Phi) is 7.45. The first-order chi connectivity index (χ1) is 15.7. The van der Waals surface area contributed by atoms with Gasteiger partial charge >= 0.3 is 17.9 Å². The molecular weight excluding hydrogens is 446 g/mol. The zero-order valence-electron chi connectivity index (χ0n) is 18.0. The Hall–Kier alpha value is -3.71. The molecule has 0 amide bonds. The summed E-state index contributed by atoms with van der Waals surface area (Å²) in [4.78, 5) is 40.3. The Morgan fingerprint density at radius 1 is 1.09 bits per heavy atom. The van der Waals surface area contributed by atoms with Gasteiger partial charge in [0.15, 0.2) is 0 Å². The summed E-state index contributed by atoms with van der Waals surface area (Å²) in [6.45, 7) is 3.22.